The van der Waals surface area contributed by atoms with Gasteiger partial charge in [0.1, 0.15) is 0 Å². The molecule has 0 spiro atoms. The summed E-state index contributed by atoms with van der Waals surface area (Å²) in [5.74, 6) is 0.662. The number of amides is 1. The molecule has 1 aliphatic heterocycles. The SMILES string of the molecule is O=C(NC(CC1CCC1)c1ccccc1)c1n[nH]c2c1CNCC2. The molecule has 126 valence electrons. The van der Waals surface area contributed by atoms with E-state index in [2.05, 4.69) is 33.0 Å². The van der Waals surface area contributed by atoms with Crippen LogP contribution in [0.4, 0.5) is 0 Å². The average Bonchev–Trinajstić information content (AvgIpc) is 3.02. The number of nitrogens with one attached hydrogen (secondary N) is 3. The van der Waals surface area contributed by atoms with Gasteiger partial charge in [-0.1, -0.05) is 49.6 Å². The summed E-state index contributed by atoms with van der Waals surface area (Å²) >= 11 is 0. The highest BCUT2D eigenvalue weighted by molar-refractivity contribution is 5.94. The van der Waals surface area contributed by atoms with Crippen LogP contribution in [0.25, 0.3) is 0 Å². The van der Waals surface area contributed by atoms with Crippen LogP contribution in [0.1, 0.15) is 59.0 Å². The lowest BCUT2D eigenvalue weighted by Crippen LogP contribution is -2.33. The fourth-order valence-corrected chi connectivity index (χ4v) is 3.67. The third kappa shape index (κ3) is 3.08. The fraction of sp³-hybridized carbons (Fsp3) is 0.474. The number of nitrogens with zero attached hydrogens (tertiary/aromatic N) is 1. The van der Waals surface area contributed by atoms with Crippen LogP contribution in [0.5, 0.6) is 0 Å². The Kier molecular flexibility index (Phi) is 4.34. The van der Waals surface area contributed by atoms with Crippen LogP contribution >= 0.6 is 0 Å². The minimum absolute atomic E-state index is 0.0629. The average molecular weight is 324 g/mol. The Morgan fingerprint density at radius 3 is 2.88 bits per heavy atom. The van der Waals surface area contributed by atoms with Crippen LogP contribution in [0, 0.1) is 5.92 Å². The molecule has 1 aromatic carbocycles. The summed E-state index contributed by atoms with van der Waals surface area (Å²) < 4.78 is 0. The molecule has 5 heteroatoms. The molecule has 1 aliphatic carbocycles. The van der Waals surface area contributed by atoms with Crippen molar-refractivity contribution in [2.75, 3.05) is 6.54 Å². The highest BCUT2D eigenvalue weighted by Gasteiger charge is 2.27. The number of aromatic nitrogens is 2. The van der Waals surface area contributed by atoms with Crippen molar-refractivity contribution in [3.63, 3.8) is 0 Å². The summed E-state index contributed by atoms with van der Waals surface area (Å²) in [5.41, 5.74) is 3.84. The maximum Gasteiger partial charge on any atom is 0.272 e. The Labute approximate surface area is 142 Å². The molecule has 1 atom stereocenters. The van der Waals surface area contributed by atoms with E-state index in [0.717, 1.165) is 36.6 Å². The first-order valence-corrected chi connectivity index (χ1v) is 8.94. The highest BCUT2D eigenvalue weighted by Crippen LogP contribution is 2.35. The van der Waals surface area contributed by atoms with Gasteiger partial charge >= 0.3 is 0 Å². The monoisotopic (exact) mass is 324 g/mol. The van der Waals surface area contributed by atoms with Crippen molar-refractivity contribution in [1.29, 1.82) is 0 Å². The zero-order chi connectivity index (χ0) is 16.4. The topological polar surface area (TPSA) is 69.8 Å². The molecule has 2 aliphatic rings. The minimum Gasteiger partial charge on any atom is -0.344 e. The molecule has 0 radical (unpaired) electrons. The van der Waals surface area contributed by atoms with E-state index >= 15 is 0 Å². The maximum absolute atomic E-state index is 12.8. The first kappa shape index (κ1) is 15.4. The van der Waals surface area contributed by atoms with Crippen molar-refractivity contribution in [3.8, 4) is 0 Å². The van der Waals surface area contributed by atoms with E-state index in [1.807, 2.05) is 18.2 Å². The summed E-state index contributed by atoms with van der Waals surface area (Å²) in [6.07, 6.45) is 5.79. The smallest absolute Gasteiger partial charge is 0.272 e. The lowest BCUT2D eigenvalue weighted by molar-refractivity contribution is 0.0919. The lowest BCUT2D eigenvalue weighted by Gasteiger charge is -2.30. The second-order valence-corrected chi connectivity index (χ2v) is 6.93. The zero-order valence-corrected chi connectivity index (χ0v) is 13.8. The lowest BCUT2D eigenvalue weighted by atomic mass is 9.79. The van der Waals surface area contributed by atoms with Gasteiger partial charge in [0.25, 0.3) is 5.91 Å². The van der Waals surface area contributed by atoms with Crippen molar-refractivity contribution in [2.24, 2.45) is 5.92 Å². The molecule has 1 amide bonds. The molecule has 5 nitrogen and oxygen atoms in total. The van der Waals surface area contributed by atoms with Gasteiger partial charge in [0.2, 0.25) is 0 Å². The second kappa shape index (κ2) is 6.77. The number of carbonyl (C=O) groups is 1. The van der Waals surface area contributed by atoms with Crippen molar-refractivity contribution < 1.29 is 4.79 Å². The number of H-pyrrole nitrogens is 1. The van der Waals surface area contributed by atoms with E-state index < -0.39 is 0 Å². The molecule has 4 rings (SSSR count). The van der Waals surface area contributed by atoms with Crippen molar-refractivity contribution in [1.82, 2.24) is 20.8 Å². The summed E-state index contributed by atoms with van der Waals surface area (Å²) in [7, 11) is 0. The number of rotatable bonds is 5. The third-order valence-corrected chi connectivity index (χ3v) is 5.32. The summed E-state index contributed by atoms with van der Waals surface area (Å²) in [4.78, 5) is 12.8. The summed E-state index contributed by atoms with van der Waals surface area (Å²) in [5, 5.41) is 13.9. The van der Waals surface area contributed by atoms with Crippen molar-refractivity contribution in [2.45, 2.75) is 44.7 Å². The van der Waals surface area contributed by atoms with Crippen LogP contribution in [-0.4, -0.2) is 22.6 Å². The maximum atomic E-state index is 12.8. The minimum atomic E-state index is -0.0654. The second-order valence-electron chi connectivity index (χ2n) is 6.93. The van der Waals surface area contributed by atoms with E-state index in [0.29, 0.717) is 12.2 Å². The van der Waals surface area contributed by atoms with Gasteiger partial charge in [-0.25, -0.2) is 0 Å². The Balaban J connectivity index is 1.53. The Morgan fingerprint density at radius 1 is 1.29 bits per heavy atom. The van der Waals surface area contributed by atoms with E-state index in [-0.39, 0.29) is 11.9 Å². The first-order chi connectivity index (χ1) is 11.8. The molecule has 0 bridgehead atoms. The number of fused-ring (bicyclic) bond motifs is 1. The number of hydrogen-bond donors (Lipinski definition) is 3. The Morgan fingerprint density at radius 2 is 2.12 bits per heavy atom. The third-order valence-electron chi connectivity index (χ3n) is 5.32. The standard InChI is InChI=1S/C19H24N4O/c24-19(18-15-12-20-10-9-16(15)22-23-18)21-17(11-13-5-4-6-13)14-7-2-1-3-8-14/h1-3,7-8,13,17,20H,4-6,9-12H2,(H,21,24)(H,22,23). The largest absolute Gasteiger partial charge is 0.344 e. The number of benzene rings is 1. The van der Waals surface area contributed by atoms with Gasteiger partial charge in [-0.15, -0.1) is 0 Å². The molecular formula is C19H24N4O. The molecule has 2 aromatic rings. The molecular weight excluding hydrogens is 300 g/mol. The molecule has 2 heterocycles. The highest BCUT2D eigenvalue weighted by atomic mass is 16.2. The van der Waals surface area contributed by atoms with Crippen molar-refractivity contribution >= 4 is 5.91 Å². The number of hydrogen-bond acceptors (Lipinski definition) is 3. The predicted molar refractivity (Wildman–Crippen MR) is 92.6 cm³/mol. The zero-order valence-electron chi connectivity index (χ0n) is 13.8. The quantitative estimate of drug-likeness (QED) is 0.792. The molecule has 3 N–H and O–H groups in total. The van der Waals surface area contributed by atoms with E-state index in [4.69, 9.17) is 0 Å². The normalized spacial score (nSPS) is 18.5. The van der Waals surface area contributed by atoms with Crippen LogP contribution in [0.3, 0.4) is 0 Å². The summed E-state index contributed by atoms with van der Waals surface area (Å²) in [6.45, 7) is 1.65. The van der Waals surface area contributed by atoms with Crippen LogP contribution in [-0.2, 0) is 13.0 Å². The van der Waals surface area contributed by atoms with E-state index in [9.17, 15) is 4.79 Å². The van der Waals surface area contributed by atoms with Gasteiger partial charge in [-0.3, -0.25) is 9.89 Å². The fourth-order valence-electron chi connectivity index (χ4n) is 3.67. The van der Waals surface area contributed by atoms with Gasteiger partial charge in [0.05, 0.1) is 6.04 Å². The predicted octanol–water partition coefficient (Wildman–Crippen LogP) is 2.72. The molecule has 1 saturated carbocycles. The molecule has 0 saturated heterocycles. The molecule has 24 heavy (non-hydrogen) atoms. The number of aromatic amines is 1. The van der Waals surface area contributed by atoms with Gasteiger partial charge < -0.3 is 10.6 Å². The number of carbonyl (C=O) groups excluding carboxylic acids is 1. The molecule has 1 unspecified atom stereocenters. The van der Waals surface area contributed by atoms with Crippen molar-refractivity contribution in [3.05, 3.63) is 52.8 Å². The van der Waals surface area contributed by atoms with Crippen LogP contribution in [0.2, 0.25) is 0 Å². The molecule has 1 fully saturated rings. The van der Waals surface area contributed by atoms with E-state index in [1.54, 1.807) is 0 Å². The van der Waals surface area contributed by atoms with Gasteiger partial charge in [0.15, 0.2) is 5.69 Å². The molecule has 1 aromatic heterocycles. The van der Waals surface area contributed by atoms with Crippen LogP contribution in [0.15, 0.2) is 30.3 Å². The first-order valence-electron chi connectivity index (χ1n) is 8.94. The Hall–Kier alpha value is -2.14. The summed E-state index contributed by atoms with van der Waals surface area (Å²) in [6, 6.07) is 10.4. The van der Waals surface area contributed by atoms with Gasteiger partial charge in [-0.05, 0) is 17.9 Å². The van der Waals surface area contributed by atoms with Gasteiger partial charge in [0, 0.05) is 30.8 Å². The van der Waals surface area contributed by atoms with E-state index in [1.165, 1.54) is 24.8 Å². The van der Waals surface area contributed by atoms with Gasteiger partial charge in [-0.2, -0.15) is 5.10 Å². The van der Waals surface area contributed by atoms with Crippen LogP contribution < -0.4 is 10.6 Å². The Bertz CT molecular complexity index is 705.